The molecule has 0 saturated carbocycles. The number of hydrazone groups is 1. The molecule has 152 valence electrons. The molecule has 2 aromatic carbocycles. The molecule has 2 aromatic rings. The van der Waals surface area contributed by atoms with E-state index >= 15 is 0 Å². The summed E-state index contributed by atoms with van der Waals surface area (Å²) in [6.07, 6.45) is 0. The molecule has 30 heavy (non-hydrogen) atoms. The van der Waals surface area contributed by atoms with Crippen molar-refractivity contribution >= 4 is 46.5 Å². The number of imide groups is 1. The molecule has 0 aromatic heterocycles. The first-order chi connectivity index (χ1) is 14.3. The number of fused-ring (bicyclic) bond motifs is 1. The zero-order chi connectivity index (χ0) is 21.6. The van der Waals surface area contributed by atoms with E-state index in [4.69, 9.17) is 16.3 Å². The number of rotatable bonds is 4. The first-order valence-corrected chi connectivity index (χ1v) is 9.01. The lowest BCUT2D eigenvalue weighted by atomic mass is 9.78. The maximum atomic E-state index is 13.6. The number of nitrogens with one attached hydrogen (secondary N) is 1. The average molecular weight is 429 g/mol. The minimum atomic E-state index is -1.83. The predicted octanol–water partition coefficient (Wildman–Crippen LogP) is 1.77. The van der Waals surface area contributed by atoms with Gasteiger partial charge in [-0.05, 0) is 29.8 Å². The number of nitro benzene ring substituents is 1. The fourth-order valence-electron chi connectivity index (χ4n) is 3.68. The van der Waals surface area contributed by atoms with Gasteiger partial charge in [0.05, 0.1) is 17.7 Å². The normalized spacial score (nSPS) is 22.4. The second-order valence-electron chi connectivity index (χ2n) is 6.60. The highest BCUT2D eigenvalue weighted by Gasteiger charge is 2.67. The van der Waals surface area contributed by atoms with Crippen LogP contribution in [0.2, 0.25) is 5.02 Å². The lowest BCUT2D eigenvalue weighted by Crippen LogP contribution is -2.48. The highest BCUT2D eigenvalue weighted by Crippen LogP contribution is 2.45. The molecule has 2 atom stereocenters. The number of hydrogen-bond donors (Lipinski definition) is 1. The smallest absolute Gasteiger partial charge is 0.355 e. The number of anilines is 1. The third-order valence-electron chi connectivity index (χ3n) is 5.06. The third kappa shape index (κ3) is 2.65. The van der Waals surface area contributed by atoms with Crippen molar-refractivity contribution in [3.05, 3.63) is 69.2 Å². The van der Waals surface area contributed by atoms with Crippen LogP contribution in [-0.2, 0) is 24.7 Å². The van der Waals surface area contributed by atoms with Crippen molar-refractivity contribution in [1.82, 2.24) is 5.43 Å². The van der Waals surface area contributed by atoms with Crippen molar-refractivity contribution in [2.75, 3.05) is 12.0 Å². The largest absolute Gasteiger partial charge is 0.464 e. The summed E-state index contributed by atoms with van der Waals surface area (Å²) in [6.45, 7) is 0. The first kappa shape index (κ1) is 19.5. The van der Waals surface area contributed by atoms with Crippen LogP contribution < -0.4 is 10.3 Å². The van der Waals surface area contributed by atoms with Crippen molar-refractivity contribution < 1.29 is 24.0 Å². The summed E-state index contributed by atoms with van der Waals surface area (Å²) in [6, 6.07) is 11.3. The second kappa shape index (κ2) is 6.92. The molecule has 1 saturated heterocycles. The number of carbonyl (C=O) groups excluding carboxylic acids is 3. The van der Waals surface area contributed by atoms with Gasteiger partial charge in [-0.25, -0.2) is 9.69 Å². The van der Waals surface area contributed by atoms with Crippen LogP contribution >= 0.6 is 11.6 Å². The van der Waals surface area contributed by atoms with Crippen LogP contribution in [0.15, 0.2) is 53.6 Å². The Kier molecular flexibility index (Phi) is 4.50. The van der Waals surface area contributed by atoms with Crippen LogP contribution in [0.3, 0.4) is 0 Å². The maximum Gasteiger partial charge on any atom is 0.355 e. The lowest BCUT2D eigenvalue weighted by Gasteiger charge is -2.26. The van der Waals surface area contributed by atoms with Gasteiger partial charge in [0.1, 0.15) is 5.92 Å². The van der Waals surface area contributed by atoms with Gasteiger partial charge in [0.15, 0.2) is 11.3 Å². The molecule has 0 aliphatic carbocycles. The monoisotopic (exact) mass is 428 g/mol. The molecule has 2 amide bonds. The van der Waals surface area contributed by atoms with E-state index in [1.165, 1.54) is 48.5 Å². The van der Waals surface area contributed by atoms with Gasteiger partial charge in [0.2, 0.25) is 5.91 Å². The number of nitrogens with zero attached hydrogens (tertiary/aromatic N) is 3. The SMILES string of the molecule is COC(=O)C1=NN[C@]2(c3cccc([N+](=O)[O-])c3)C(=O)N(c3ccc(Cl)cc3)C(=O)C12. The van der Waals surface area contributed by atoms with Gasteiger partial charge in [-0.3, -0.25) is 25.1 Å². The second-order valence-corrected chi connectivity index (χ2v) is 7.04. The molecule has 10 nitrogen and oxygen atoms in total. The topological polar surface area (TPSA) is 131 Å². The number of benzene rings is 2. The Labute approximate surface area is 174 Å². The maximum absolute atomic E-state index is 13.6. The van der Waals surface area contributed by atoms with Gasteiger partial charge < -0.3 is 4.74 Å². The Hall–Kier alpha value is -3.79. The van der Waals surface area contributed by atoms with Crippen molar-refractivity contribution in [2.24, 2.45) is 11.0 Å². The minimum Gasteiger partial charge on any atom is -0.464 e. The molecule has 0 bridgehead atoms. The molecular formula is C19H13ClN4O6. The molecule has 0 spiro atoms. The van der Waals surface area contributed by atoms with E-state index < -0.39 is 34.2 Å². The fraction of sp³-hybridized carbons (Fsp3) is 0.158. The van der Waals surface area contributed by atoms with Crippen molar-refractivity contribution in [3.63, 3.8) is 0 Å². The van der Waals surface area contributed by atoms with Gasteiger partial charge in [-0.15, -0.1) is 0 Å². The number of nitro groups is 1. The highest BCUT2D eigenvalue weighted by molar-refractivity contribution is 6.47. The summed E-state index contributed by atoms with van der Waals surface area (Å²) in [5, 5.41) is 15.5. The number of amides is 2. The number of ether oxygens (including phenoxy) is 1. The van der Waals surface area contributed by atoms with Crippen LogP contribution in [0, 0.1) is 16.0 Å². The Morgan fingerprint density at radius 3 is 2.60 bits per heavy atom. The molecule has 1 fully saturated rings. The molecule has 2 aliphatic heterocycles. The number of carbonyl (C=O) groups is 3. The number of halogens is 1. The van der Waals surface area contributed by atoms with Crippen molar-refractivity contribution in [1.29, 1.82) is 0 Å². The quantitative estimate of drug-likeness (QED) is 0.339. The molecule has 4 rings (SSSR count). The predicted molar refractivity (Wildman–Crippen MR) is 105 cm³/mol. The number of esters is 1. The molecule has 0 radical (unpaired) electrons. The van der Waals surface area contributed by atoms with E-state index in [0.717, 1.165) is 12.0 Å². The number of methoxy groups -OCH3 is 1. The zero-order valence-electron chi connectivity index (χ0n) is 15.4. The first-order valence-electron chi connectivity index (χ1n) is 8.63. The summed E-state index contributed by atoms with van der Waals surface area (Å²) < 4.78 is 4.71. The van der Waals surface area contributed by atoms with E-state index in [2.05, 4.69) is 10.5 Å². The molecule has 2 heterocycles. The van der Waals surface area contributed by atoms with Gasteiger partial charge in [0, 0.05) is 17.2 Å². The summed E-state index contributed by atoms with van der Waals surface area (Å²) in [5.41, 5.74) is 0.559. The Balaban J connectivity index is 1.91. The molecule has 11 heteroatoms. The summed E-state index contributed by atoms with van der Waals surface area (Å²) in [4.78, 5) is 50.7. The van der Waals surface area contributed by atoms with Crippen LogP contribution in [0.1, 0.15) is 5.56 Å². The van der Waals surface area contributed by atoms with Gasteiger partial charge in [-0.2, -0.15) is 5.10 Å². The average Bonchev–Trinajstić information content (AvgIpc) is 3.24. The van der Waals surface area contributed by atoms with E-state index in [0.29, 0.717) is 5.02 Å². The fourth-order valence-corrected chi connectivity index (χ4v) is 3.81. The Bertz CT molecular complexity index is 1130. The molecule has 1 N–H and O–H groups in total. The van der Waals surface area contributed by atoms with Crippen LogP contribution in [0.5, 0.6) is 0 Å². The van der Waals surface area contributed by atoms with E-state index in [9.17, 15) is 24.5 Å². The van der Waals surface area contributed by atoms with E-state index in [1.54, 1.807) is 0 Å². The third-order valence-corrected chi connectivity index (χ3v) is 5.31. The van der Waals surface area contributed by atoms with Gasteiger partial charge in [0.25, 0.3) is 11.6 Å². The highest BCUT2D eigenvalue weighted by atomic mass is 35.5. The standard InChI is InChI=1S/C19H13ClN4O6/c1-30-17(26)15-14-16(25)23(12-7-5-11(20)6-8-12)18(27)19(14,22-21-15)10-3-2-4-13(9-10)24(28)29/h2-9,14,22H,1H3/t14?,19-/m0/s1. The minimum absolute atomic E-state index is 0.124. The van der Waals surface area contributed by atoms with Gasteiger partial charge in [-0.1, -0.05) is 23.7 Å². The van der Waals surface area contributed by atoms with Crippen LogP contribution in [-0.4, -0.2) is 35.5 Å². The lowest BCUT2D eigenvalue weighted by molar-refractivity contribution is -0.385. The summed E-state index contributed by atoms with van der Waals surface area (Å²) in [7, 11) is 1.12. The van der Waals surface area contributed by atoms with Crippen molar-refractivity contribution in [3.8, 4) is 0 Å². The zero-order valence-corrected chi connectivity index (χ0v) is 16.1. The Morgan fingerprint density at radius 2 is 1.97 bits per heavy atom. The van der Waals surface area contributed by atoms with Gasteiger partial charge >= 0.3 is 5.97 Å². The summed E-state index contributed by atoms with van der Waals surface area (Å²) in [5.74, 6) is -3.71. The molecule has 1 unspecified atom stereocenters. The van der Waals surface area contributed by atoms with E-state index in [-0.39, 0.29) is 22.6 Å². The van der Waals surface area contributed by atoms with Crippen LogP contribution in [0.25, 0.3) is 0 Å². The number of hydrogen-bond acceptors (Lipinski definition) is 8. The summed E-state index contributed by atoms with van der Waals surface area (Å²) >= 11 is 5.90. The molecular weight excluding hydrogens is 416 g/mol. The van der Waals surface area contributed by atoms with Crippen molar-refractivity contribution in [2.45, 2.75) is 5.54 Å². The Morgan fingerprint density at radius 1 is 1.27 bits per heavy atom. The van der Waals surface area contributed by atoms with E-state index in [1.807, 2.05) is 0 Å². The number of non-ortho nitro benzene ring substituents is 1. The van der Waals surface area contributed by atoms with Crippen LogP contribution in [0.4, 0.5) is 11.4 Å². The molecule has 2 aliphatic rings.